The summed E-state index contributed by atoms with van der Waals surface area (Å²) in [4.78, 5) is 0. The summed E-state index contributed by atoms with van der Waals surface area (Å²) in [5.41, 5.74) is 0. The zero-order chi connectivity index (χ0) is 5.70. The summed E-state index contributed by atoms with van der Waals surface area (Å²) in [6.07, 6.45) is 0. The molecule has 0 fully saturated rings. The first-order valence-electron chi connectivity index (χ1n) is 2.62. The van der Waals surface area contributed by atoms with Crippen molar-refractivity contribution in [1.82, 2.24) is 0 Å². The van der Waals surface area contributed by atoms with Gasteiger partial charge in [0.1, 0.15) is 0 Å². The SMILES string of the molecule is C[O][Al][CH2]C(C)C. The monoisotopic (exact) mass is 115 g/mol. The Morgan fingerprint density at radius 1 is 1.57 bits per heavy atom. The summed E-state index contributed by atoms with van der Waals surface area (Å²) in [6.45, 7) is 4.43. The molecule has 0 bridgehead atoms. The van der Waals surface area contributed by atoms with Crippen molar-refractivity contribution < 1.29 is 3.79 Å². The van der Waals surface area contributed by atoms with E-state index in [1.54, 1.807) is 7.11 Å². The second-order valence-corrected chi connectivity index (χ2v) is 3.31. The molecule has 0 saturated carbocycles. The van der Waals surface area contributed by atoms with E-state index < -0.39 is 0 Å². The molecule has 1 radical (unpaired) electrons. The second kappa shape index (κ2) is 4.65. The molecule has 0 aliphatic heterocycles. The maximum Gasteiger partial charge on any atom is 0.423 e. The van der Waals surface area contributed by atoms with E-state index in [-0.39, 0.29) is 15.6 Å². The van der Waals surface area contributed by atoms with Crippen LogP contribution in [0.15, 0.2) is 0 Å². The Hall–Kier alpha value is 0.492. The third kappa shape index (κ3) is 6.49. The Balaban J connectivity index is 2.68. The van der Waals surface area contributed by atoms with Crippen molar-refractivity contribution >= 4 is 15.6 Å². The standard InChI is InChI=1S/C4H9.CH3O.Al/c1-4(2)3;1-2;/h4H,1H2,2-3H3;1H3;/q;-1;+1. The maximum absolute atomic E-state index is 4.94. The fraction of sp³-hybridized carbons (Fsp3) is 1.00. The van der Waals surface area contributed by atoms with Gasteiger partial charge in [-0.2, -0.15) is 0 Å². The van der Waals surface area contributed by atoms with Gasteiger partial charge in [0, 0.05) is 7.11 Å². The van der Waals surface area contributed by atoms with Crippen molar-refractivity contribution in [1.29, 1.82) is 0 Å². The maximum atomic E-state index is 4.94. The molecule has 7 heavy (non-hydrogen) atoms. The van der Waals surface area contributed by atoms with Gasteiger partial charge in [-0.1, -0.05) is 25.0 Å². The van der Waals surface area contributed by atoms with Crippen molar-refractivity contribution in [3.05, 3.63) is 0 Å². The predicted molar refractivity (Wildman–Crippen MR) is 32.4 cm³/mol. The Kier molecular flexibility index (Phi) is 4.97. The highest BCUT2D eigenvalue weighted by atomic mass is 27.1. The summed E-state index contributed by atoms with van der Waals surface area (Å²) >= 11 is 0.285. The van der Waals surface area contributed by atoms with Crippen LogP contribution in [0.1, 0.15) is 13.8 Å². The van der Waals surface area contributed by atoms with Crippen molar-refractivity contribution in [3.63, 3.8) is 0 Å². The minimum Gasteiger partial charge on any atom is -0.509 e. The third-order valence-electron chi connectivity index (χ3n) is 0.734. The third-order valence-corrected chi connectivity index (χ3v) is 2.20. The van der Waals surface area contributed by atoms with Gasteiger partial charge in [-0.05, 0) is 0 Å². The van der Waals surface area contributed by atoms with E-state index in [1.165, 1.54) is 5.28 Å². The minimum absolute atomic E-state index is 0.285. The average molecular weight is 115 g/mol. The van der Waals surface area contributed by atoms with Gasteiger partial charge in [-0.15, -0.1) is 0 Å². The van der Waals surface area contributed by atoms with Crippen LogP contribution >= 0.6 is 0 Å². The smallest absolute Gasteiger partial charge is 0.423 e. The van der Waals surface area contributed by atoms with E-state index in [2.05, 4.69) is 13.8 Å². The quantitative estimate of drug-likeness (QED) is 0.504. The van der Waals surface area contributed by atoms with Crippen molar-refractivity contribution in [3.8, 4) is 0 Å². The van der Waals surface area contributed by atoms with Crippen molar-refractivity contribution in [2.75, 3.05) is 7.11 Å². The van der Waals surface area contributed by atoms with Crippen molar-refractivity contribution in [2.45, 2.75) is 19.1 Å². The van der Waals surface area contributed by atoms with Gasteiger partial charge in [0.15, 0.2) is 0 Å². The highest BCUT2D eigenvalue weighted by Crippen LogP contribution is 1.96. The minimum atomic E-state index is 0.285. The Morgan fingerprint density at radius 3 is 2.29 bits per heavy atom. The van der Waals surface area contributed by atoms with E-state index >= 15 is 0 Å². The molecule has 0 N–H and O–H groups in total. The van der Waals surface area contributed by atoms with E-state index in [0.717, 1.165) is 5.92 Å². The normalized spacial score (nSPS) is 9.71. The van der Waals surface area contributed by atoms with Crippen LogP contribution in [-0.2, 0) is 3.79 Å². The zero-order valence-electron chi connectivity index (χ0n) is 5.27. The van der Waals surface area contributed by atoms with Crippen LogP contribution in [0, 0.1) is 5.92 Å². The lowest BCUT2D eigenvalue weighted by molar-refractivity contribution is 0.434. The van der Waals surface area contributed by atoms with Crippen LogP contribution in [0.5, 0.6) is 0 Å². The Bertz CT molecular complexity index is 37.1. The number of hydrogen-bond acceptors (Lipinski definition) is 1. The van der Waals surface area contributed by atoms with Crippen LogP contribution in [0.2, 0.25) is 5.28 Å². The Labute approximate surface area is 52.1 Å². The molecule has 2 heteroatoms. The molecule has 0 saturated heterocycles. The van der Waals surface area contributed by atoms with E-state index in [1.807, 2.05) is 0 Å². The molecule has 0 spiro atoms. The molecule has 41 valence electrons. The first-order chi connectivity index (χ1) is 3.27. The van der Waals surface area contributed by atoms with E-state index in [4.69, 9.17) is 3.79 Å². The summed E-state index contributed by atoms with van der Waals surface area (Å²) in [5, 5.41) is 1.26. The van der Waals surface area contributed by atoms with Gasteiger partial charge in [0.2, 0.25) is 0 Å². The molecule has 0 aliphatic carbocycles. The van der Waals surface area contributed by atoms with Gasteiger partial charge in [0.05, 0.1) is 0 Å². The summed E-state index contributed by atoms with van der Waals surface area (Å²) in [7, 11) is 1.78. The van der Waals surface area contributed by atoms with E-state index in [9.17, 15) is 0 Å². The summed E-state index contributed by atoms with van der Waals surface area (Å²) in [6, 6.07) is 0. The van der Waals surface area contributed by atoms with Gasteiger partial charge < -0.3 is 3.79 Å². The fourth-order valence-electron chi connectivity index (χ4n) is 0.289. The molecule has 1 nitrogen and oxygen atoms in total. The average Bonchev–Trinajstić information content (AvgIpc) is 1.61. The van der Waals surface area contributed by atoms with E-state index in [0.29, 0.717) is 0 Å². The highest BCUT2D eigenvalue weighted by Gasteiger charge is 1.94. The van der Waals surface area contributed by atoms with Gasteiger partial charge in [-0.25, -0.2) is 0 Å². The van der Waals surface area contributed by atoms with Gasteiger partial charge >= 0.3 is 15.6 Å². The fourth-order valence-corrected chi connectivity index (χ4v) is 0.866. The zero-order valence-corrected chi connectivity index (χ0v) is 6.42. The molecule has 0 aromatic heterocycles. The number of hydrogen-bond donors (Lipinski definition) is 0. The second-order valence-electron chi connectivity index (χ2n) is 2.03. The lowest BCUT2D eigenvalue weighted by atomic mass is 10.3. The lowest BCUT2D eigenvalue weighted by Crippen LogP contribution is -1.97. The first-order valence-corrected chi connectivity index (χ1v) is 3.90. The highest BCUT2D eigenvalue weighted by molar-refractivity contribution is 6.26. The first kappa shape index (κ1) is 7.49. The Morgan fingerprint density at radius 2 is 2.14 bits per heavy atom. The molecule has 0 heterocycles. The molecular formula is C5H12AlO. The summed E-state index contributed by atoms with van der Waals surface area (Å²) in [5.74, 6) is 0.815. The van der Waals surface area contributed by atoms with Gasteiger partial charge in [0.25, 0.3) is 0 Å². The molecular weight excluding hydrogens is 103 g/mol. The number of rotatable bonds is 3. The van der Waals surface area contributed by atoms with Crippen LogP contribution < -0.4 is 0 Å². The molecule has 0 aromatic carbocycles. The molecule has 0 unspecified atom stereocenters. The molecule has 0 amide bonds. The topological polar surface area (TPSA) is 9.23 Å². The van der Waals surface area contributed by atoms with Crippen LogP contribution in [0.25, 0.3) is 0 Å². The molecule has 0 rings (SSSR count). The summed E-state index contributed by atoms with van der Waals surface area (Å²) < 4.78 is 4.94. The predicted octanol–water partition coefficient (Wildman–Crippen LogP) is 1.33. The molecule has 0 aromatic rings. The largest absolute Gasteiger partial charge is 0.509 e. The van der Waals surface area contributed by atoms with Crippen LogP contribution in [0.3, 0.4) is 0 Å². The molecule has 0 atom stereocenters. The van der Waals surface area contributed by atoms with Crippen LogP contribution in [-0.4, -0.2) is 22.7 Å². The molecule has 0 aliphatic rings. The lowest BCUT2D eigenvalue weighted by Gasteiger charge is -1.97. The van der Waals surface area contributed by atoms with Crippen molar-refractivity contribution in [2.24, 2.45) is 5.92 Å². The van der Waals surface area contributed by atoms with Crippen LogP contribution in [0.4, 0.5) is 0 Å². The van der Waals surface area contributed by atoms with Gasteiger partial charge in [-0.3, -0.25) is 0 Å².